The molecule has 68 valence electrons. The van der Waals surface area contributed by atoms with Crippen molar-refractivity contribution in [3.63, 3.8) is 0 Å². The van der Waals surface area contributed by atoms with Crippen LogP contribution in [0.15, 0.2) is 12.3 Å². The van der Waals surface area contributed by atoms with Gasteiger partial charge in [-0.3, -0.25) is 0 Å². The summed E-state index contributed by atoms with van der Waals surface area (Å²) in [5.74, 6) is 1.12. The van der Waals surface area contributed by atoms with Crippen molar-refractivity contribution >= 4 is 23.3 Å². The number of rotatable bonds is 2. The molecule has 1 fully saturated rings. The first kappa shape index (κ1) is 8.37. The van der Waals surface area contributed by atoms with Crippen molar-refractivity contribution in [3.05, 3.63) is 18.0 Å². The Morgan fingerprint density at radius 2 is 2.38 bits per heavy atom. The third kappa shape index (κ3) is 2.12. The molecule has 0 amide bonds. The van der Waals surface area contributed by atoms with Gasteiger partial charge < -0.3 is 11.1 Å². The van der Waals surface area contributed by atoms with Crippen LogP contribution < -0.4 is 11.1 Å². The van der Waals surface area contributed by atoms with Gasteiger partial charge in [-0.1, -0.05) is 0 Å². The van der Waals surface area contributed by atoms with E-state index in [1.165, 1.54) is 12.8 Å². The van der Waals surface area contributed by atoms with E-state index in [1.807, 2.05) is 6.07 Å². The second-order valence-electron chi connectivity index (χ2n) is 3.07. The van der Waals surface area contributed by atoms with E-state index in [9.17, 15) is 0 Å². The Balaban J connectivity index is 2.16. The fraction of sp³-hybridized carbons (Fsp3) is 0.375. The third-order valence-electron chi connectivity index (χ3n) is 1.91. The summed E-state index contributed by atoms with van der Waals surface area (Å²) < 4.78 is 0. The van der Waals surface area contributed by atoms with Crippen LogP contribution in [0.5, 0.6) is 0 Å². The normalized spacial score (nSPS) is 15.4. The highest BCUT2D eigenvalue weighted by molar-refractivity contribution is 7.80. The maximum atomic E-state index is 5.31. The Kier molecular flexibility index (Phi) is 2.10. The summed E-state index contributed by atoms with van der Waals surface area (Å²) in [5.41, 5.74) is 6.38. The second-order valence-corrected chi connectivity index (χ2v) is 3.51. The summed E-state index contributed by atoms with van der Waals surface area (Å²) in [6.45, 7) is 0. The summed E-state index contributed by atoms with van der Waals surface area (Å²) in [5, 5.41) is 2.92. The second kappa shape index (κ2) is 3.26. The first-order valence-corrected chi connectivity index (χ1v) is 4.56. The third-order valence-corrected chi connectivity index (χ3v) is 2.01. The smallest absolute Gasteiger partial charge is 0.229 e. The maximum Gasteiger partial charge on any atom is 0.229 e. The van der Waals surface area contributed by atoms with Crippen LogP contribution in [0, 0.1) is 0 Å². The average Bonchev–Trinajstić information content (AvgIpc) is 2.85. The minimum absolute atomic E-state index is 0.202. The quantitative estimate of drug-likeness (QED) is 0.688. The predicted octanol–water partition coefficient (Wildman–Crippen LogP) is 1.01. The number of anilines is 1. The molecule has 0 atom stereocenters. The van der Waals surface area contributed by atoms with Crippen LogP contribution in [0.2, 0.25) is 0 Å². The molecule has 1 saturated carbocycles. The molecule has 1 aromatic heterocycles. The number of hydrogen-bond acceptors (Lipinski definition) is 3. The van der Waals surface area contributed by atoms with E-state index in [0.29, 0.717) is 11.9 Å². The minimum Gasteiger partial charge on any atom is -0.376 e. The summed E-state index contributed by atoms with van der Waals surface area (Å²) >= 11 is 4.69. The lowest BCUT2D eigenvalue weighted by molar-refractivity contribution is 0.995. The molecular formula is C8H10N4S. The minimum atomic E-state index is 0.202. The van der Waals surface area contributed by atoms with E-state index in [1.54, 1.807) is 6.20 Å². The van der Waals surface area contributed by atoms with Crippen molar-refractivity contribution in [3.8, 4) is 0 Å². The zero-order valence-corrected chi connectivity index (χ0v) is 7.84. The average molecular weight is 194 g/mol. The monoisotopic (exact) mass is 194 g/mol. The highest BCUT2D eigenvalue weighted by atomic mass is 32.1. The van der Waals surface area contributed by atoms with Crippen LogP contribution in [0.3, 0.4) is 0 Å². The molecule has 2 rings (SSSR count). The summed E-state index contributed by atoms with van der Waals surface area (Å²) in [6.07, 6.45) is 4.17. The Bertz CT molecular complexity index is 335. The van der Waals surface area contributed by atoms with E-state index < -0.39 is 0 Å². The van der Waals surface area contributed by atoms with Gasteiger partial charge in [-0.15, -0.1) is 0 Å². The molecule has 0 radical (unpaired) electrons. The van der Waals surface area contributed by atoms with Gasteiger partial charge in [-0.25, -0.2) is 9.97 Å². The van der Waals surface area contributed by atoms with Gasteiger partial charge in [0.1, 0.15) is 0 Å². The lowest BCUT2D eigenvalue weighted by atomic mass is 10.3. The van der Waals surface area contributed by atoms with Crippen molar-refractivity contribution < 1.29 is 0 Å². The molecule has 3 N–H and O–H groups in total. The summed E-state index contributed by atoms with van der Waals surface area (Å²) in [7, 11) is 0. The molecule has 0 unspecified atom stereocenters. The number of nitrogens with one attached hydrogen (secondary N) is 1. The van der Waals surface area contributed by atoms with E-state index in [-0.39, 0.29) is 5.11 Å². The molecule has 1 aromatic rings. The fourth-order valence-corrected chi connectivity index (χ4v) is 1.24. The molecular weight excluding hydrogens is 184 g/mol. The molecule has 0 saturated heterocycles. The molecule has 0 aliphatic heterocycles. The van der Waals surface area contributed by atoms with Crippen molar-refractivity contribution in [1.29, 1.82) is 0 Å². The van der Waals surface area contributed by atoms with Crippen LogP contribution in [0.25, 0.3) is 0 Å². The van der Waals surface area contributed by atoms with Crippen molar-refractivity contribution in [2.75, 3.05) is 5.32 Å². The number of nitrogens with two attached hydrogens (primary N) is 1. The van der Waals surface area contributed by atoms with Crippen LogP contribution in [-0.2, 0) is 0 Å². The van der Waals surface area contributed by atoms with Crippen LogP contribution >= 0.6 is 12.2 Å². The molecule has 13 heavy (non-hydrogen) atoms. The van der Waals surface area contributed by atoms with Crippen LogP contribution in [-0.4, -0.2) is 15.1 Å². The lowest BCUT2D eigenvalue weighted by Crippen LogP contribution is -2.20. The lowest BCUT2D eigenvalue weighted by Gasteiger charge is -2.02. The molecule has 1 aliphatic rings. The Morgan fingerprint density at radius 1 is 1.62 bits per heavy atom. The van der Waals surface area contributed by atoms with E-state index >= 15 is 0 Å². The zero-order chi connectivity index (χ0) is 9.26. The maximum absolute atomic E-state index is 5.31. The predicted molar refractivity (Wildman–Crippen MR) is 54.4 cm³/mol. The first-order valence-electron chi connectivity index (χ1n) is 4.15. The number of hydrogen-bond donors (Lipinski definition) is 2. The Hall–Kier alpha value is -1.23. The fourth-order valence-electron chi connectivity index (χ4n) is 1.15. The highest BCUT2D eigenvalue weighted by Crippen LogP contribution is 2.38. The van der Waals surface area contributed by atoms with E-state index in [0.717, 1.165) is 5.69 Å². The topological polar surface area (TPSA) is 63.8 Å². The molecule has 4 nitrogen and oxygen atoms in total. The number of aromatic nitrogens is 2. The van der Waals surface area contributed by atoms with Gasteiger partial charge in [0, 0.05) is 17.8 Å². The van der Waals surface area contributed by atoms with Gasteiger partial charge in [0.25, 0.3) is 0 Å². The standard InChI is InChI=1S/C8H10N4S/c9-7(13)12-8-10-4-3-6(11-8)5-1-2-5/h3-5H,1-2H2,(H3,9,10,11,12,13). The number of nitrogens with zero attached hydrogens (tertiary/aromatic N) is 2. The van der Waals surface area contributed by atoms with Gasteiger partial charge in [-0.05, 0) is 31.1 Å². The Morgan fingerprint density at radius 3 is 3.00 bits per heavy atom. The highest BCUT2D eigenvalue weighted by Gasteiger charge is 2.25. The van der Waals surface area contributed by atoms with E-state index in [4.69, 9.17) is 5.73 Å². The largest absolute Gasteiger partial charge is 0.376 e. The molecule has 5 heteroatoms. The summed E-state index contributed by atoms with van der Waals surface area (Å²) in [6, 6.07) is 1.93. The molecule has 1 heterocycles. The zero-order valence-electron chi connectivity index (χ0n) is 7.03. The van der Waals surface area contributed by atoms with Gasteiger partial charge >= 0.3 is 0 Å². The SMILES string of the molecule is NC(=S)Nc1nccc(C2CC2)n1. The molecule has 0 bridgehead atoms. The van der Waals surface area contributed by atoms with Crippen LogP contribution in [0.1, 0.15) is 24.5 Å². The van der Waals surface area contributed by atoms with E-state index in [2.05, 4.69) is 27.5 Å². The van der Waals surface area contributed by atoms with Gasteiger partial charge in [0.05, 0.1) is 0 Å². The number of thiocarbonyl (C=S) groups is 1. The van der Waals surface area contributed by atoms with Crippen molar-refractivity contribution in [1.82, 2.24) is 9.97 Å². The molecule has 0 aromatic carbocycles. The summed E-state index contributed by atoms with van der Waals surface area (Å²) in [4.78, 5) is 8.29. The van der Waals surface area contributed by atoms with Gasteiger partial charge in [0.2, 0.25) is 5.95 Å². The van der Waals surface area contributed by atoms with Crippen molar-refractivity contribution in [2.24, 2.45) is 5.73 Å². The molecule has 1 aliphatic carbocycles. The Labute approximate surface area is 81.6 Å². The molecule has 0 spiro atoms. The van der Waals surface area contributed by atoms with Gasteiger partial charge in [0.15, 0.2) is 5.11 Å². The van der Waals surface area contributed by atoms with Gasteiger partial charge in [-0.2, -0.15) is 0 Å². The first-order chi connectivity index (χ1) is 6.25. The van der Waals surface area contributed by atoms with Crippen LogP contribution in [0.4, 0.5) is 5.95 Å². The van der Waals surface area contributed by atoms with Crippen molar-refractivity contribution in [2.45, 2.75) is 18.8 Å².